The Labute approximate surface area is 169 Å². The topological polar surface area (TPSA) is 125 Å². The minimum absolute atomic E-state index is 0.288. The van der Waals surface area contributed by atoms with Crippen molar-refractivity contribution in [2.24, 2.45) is 5.73 Å². The first-order chi connectivity index (χ1) is 14.0. The number of pyridine rings is 1. The number of hydrogen-bond donors (Lipinski definition) is 1. The van der Waals surface area contributed by atoms with E-state index in [0.29, 0.717) is 6.61 Å². The molecule has 9 heteroatoms. The Morgan fingerprint density at radius 1 is 0.966 bits per heavy atom. The third kappa shape index (κ3) is 7.20. The third-order valence-electron chi connectivity index (χ3n) is 4.50. The van der Waals surface area contributed by atoms with Crippen molar-refractivity contribution in [1.29, 1.82) is 0 Å². The smallest absolute Gasteiger partial charge is 0.347 e. The maximum Gasteiger partial charge on any atom is 0.347 e. The summed E-state index contributed by atoms with van der Waals surface area (Å²) in [6.45, 7) is 2.14. The summed E-state index contributed by atoms with van der Waals surface area (Å²) in [6, 6.07) is 7.40. The lowest BCUT2D eigenvalue weighted by molar-refractivity contribution is -0.601. The molecule has 2 rings (SSSR count). The molecule has 0 spiro atoms. The van der Waals surface area contributed by atoms with Crippen LogP contribution in [0.2, 0.25) is 0 Å². The molecule has 2 N–H and O–H groups in total. The predicted molar refractivity (Wildman–Crippen MR) is 108 cm³/mol. The van der Waals surface area contributed by atoms with Gasteiger partial charge in [-0.05, 0) is 38.3 Å². The molecule has 1 heterocycles. The van der Waals surface area contributed by atoms with Crippen LogP contribution in [0.3, 0.4) is 0 Å². The van der Waals surface area contributed by atoms with Crippen molar-refractivity contribution in [2.75, 3.05) is 19.8 Å². The molecule has 0 bridgehead atoms. The maximum atomic E-state index is 11.4. The molecule has 1 aromatic heterocycles. The van der Waals surface area contributed by atoms with E-state index >= 15 is 0 Å². The highest BCUT2D eigenvalue weighted by atomic mass is 16.6. The van der Waals surface area contributed by atoms with Crippen LogP contribution in [0.15, 0.2) is 42.7 Å². The minimum Gasteiger partial charge on any atom is -0.381 e. The maximum absolute atomic E-state index is 11.4. The van der Waals surface area contributed by atoms with Gasteiger partial charge in [0.15, 0.2) is 12.4 Å². The number of hydrogen-bond acceptors (Lipinski definition) is 6. The van der Waals surface area contributed by atoms with Crippen molar-refractivity contribution in [1.82, 2.24) is 0 Å². The van der Waals surface area contributed by atoms with E-state index in [4.69, 9.17) is 10.5 Å². The Bertz CT molecular complexity index is 828. The number of ether oxygens (including phenoxy) is 1. The van der Waals surface area contributed by atoms with Gasteiger partial charge in [-0.1, -0.05) is 12.8 Å². The highest BCUT2D eigenvalue weighted by Gasteiger charge is 2.26. The van der Waals surface area contributed by atoms with Crippen LogP contribution in [0.5, 0.6) is 0 Å². The van der Waals surface area contributed by atoms with Crippen LogP contribution in [-0.2, 0) is 11.2 Å². The van der Waals surface area contributed by atoms with Gasteiger partial charge in [0.05, 0.1) is 9.85 Å². The molecule has 0 saturated carbocycles. The highest BCUT2D eigenvalue weighted by molar-refractivity contribution is 5.53. The zero-order chi connectivity index (χ0) is 21.1. The molecule has 0 aliphatic heterocycles. The molecule has 0 atom stereocenters. The Kier molecular flexibility index (Phi) is 9.13. The molecule has 0 amide bonds. The second kappa shape index (κ2) is 11.8. The molecule has 2 aromatic rings. The van der Waals surface area contributed by atoms with E-state index in [-0.39, 0.29) is 17.1 Å². The van der Waals surface area contributed by atoms with Gasteiger partial charge in [0.2, 0.25) is 0 Å². The molecular formula is C20H27N4O5+. The zero-order valence-corrected chi connectivity index (χ0v) is 16.4. The summed E-state index contributed by atoms with van der Waals surface area (Å²) in [6.07, 6.45) is 9.47. The average Bonchev–Trinajstić information content (AvgIpc) is 2.72. The lowest BCUT2D eigenvalue weighted by atomic mass is 10.1. The van der Waals surface area contributed by atoms with Crippen molar-refractivity contribution in [2.45, 2.75) is 38.5 Å². The van der Waals surface area contributed by atoms with Crippen LogP contribution in [0.25, 0.3) is 5.69 Å². The molecular weight excluding hydrogens is 376 g/mol. The minimum atomic E-state index is -0.643. The van der Waals surface area contributed by atoms with Crippen LogP contribution in [-0.4, -0.2) is 29.6 Å². The standard InChI is InChI=1S/C20H27N4O5/c21-11-3-1-2-4-13-29-14-6-8-17-7-5-12-22(16-17)19-10-9-18(23(25)26)15-20(19)24(27)28/h5,7,9-10,12,15-16H,1-4,6,8,11,13-14,21H2/q+1. The first-order valence-corrected chi connectivity index (χ1v) is 9.74. The van der Waals surface area contributed by atoms with E-state index in [0.717, 1.165) is 63.3 Å². The summed E-state index contributed by atoms with van der Waals surface area (Å²) in [5.41, 5.74) is 6.14. The van der Waals surface area contributed by atoms with Gasteiger partial charge >= 0.3 is 5.69 Å². The molecule has 29 heavy (non-hydrogen) atoms. The van der Waals surface area contributed by atoms with Crippen LogP contribution in [0.4, 0.5) is 11.4 Å². The number of nitro groups is 2. The number of nitrogens with two attached hydrogens (primary N) is 1. The van der Waals surface area contributed by atoms with Gasteiger partial charge in [-0.3, -0.25) is 20.2 Å². The molecule has 156 valence electrons. The Hall–Kier alpha value is -2.91. The van der Waals surface area contributed by atoms with E-state index in [1.165, 1.54) is 12.1 Å². The second-order valence-corrected chi connectivity index (χ2v) is 6.73. The van der Waals surface area contributed by atoms with Crippen LogP contribution in [0.1, 0.15) is 37.7 Å². The van der Waals surface area contributed by atoms with Crippen LogP contribution in [0, 0.1) is 20.2 Å². The summed E-state index contributed by atoms with van der Waals surface area (Å²) in [5.74, 6) is 0. The van der Waals surface area contributed by atoms with Crippen molar-refractivity contribution in [3.63, 3.8) is 0 Å². The normalized spacial score (nSPS) is 10.8. The van der Waals surface area contributed by atoms with Gasteiger partial charge < -0.3 is 10.5 Å². The fourth-order valence-electron chi connectivity index (χ4n) is 2.99. The number of aromatic nitrogens is 1. The largest absolute Gasteiger partial charge is 0.381 e. The van der Waals surface area contributed by atoms with Crippen molar-refractivity contribution < 1.29 is 19.2 Å². The number of benzene rings is 1. The Morgan fingerprint density at radius 2 is 1.72 bits per heavy atom. The summed E-state index contributed by atoms with van der Waals surface area (Å²) < 4.78 is 7.27. The molecule has 0 unspecified atom stereocenters. The zero-order valence-electron chi connectivity index (χ0n) is 16.4. The van der Waals surface area contributed by atoms with E-state index in [1.807, 2.05) is 6.07 Å². The second-order valence-electron chi connectivity index (χ2n) is 6.73. The Morgan fingerprint density at radius 3 is 2.45 bits per heavy atom. The molecule has 9 nitrogen and oxygen atoms in total. The molecule has 0 aliphatic rings. The SMILES string of the molecule is NCCCCCCOCCCc1ccc[n+](-c2ccc([N+](=O)[O-])cc2[N+](=O)[O-])c1. The van der Waals surface area contributed by atoms with E-state index < -0.39 is 9.85 Å². The van der Waals surface area contributed by atoms with Gasteiger partial charge in [0, 0.05) is 37.0 Å². The summed E-state index contributed by atoms with van der Waals surface area (Å²) >= 11 is 0. The summed E-state index contributed by atoms with van der Waals surface area (Å²) in [4.78, 5) is 21.0. The monoisotopic (exact) mass is 403 g/mol. The predicted octanol–water partition coefficient (Wildman–Crippen LogP) is 3.25. The summed E-state index contributed by atoms with van der Waals surface area (Å²) in [7, 11) is 0. The summed E-state index contributed by atoms with van der Waals surface area (Å²) in [5, 5.41) is 22.3. The highest BCUT2D eigenvalue weighted by Crippen LogP contribution is 2.24. The molecule has 0 fully saturated rings. The number of aryl methyl sites for hydroxylation is 1. The fraction of sp³-hybridized carbons (Fsp3) is 0.450. The number of nitrogens with zero attached hydrogens (tertiary/aromatic N) is 3. The van der Waals surface area contributed by atoms with Gasteiger partial charge in [0.1, 0.15) is 6.07 Å². The lowest BCUT2D eigenvalue weighted by Gasteiger charge is -2.04. The molecule has 0 aliphatic carbocycles. The van der Waals surface area contributed by atoms with Crippen molar-refractivity contribution in [3.8, 4) is 5.69 Å². The molecule has 0 radical (unpaired) electrons. The number of non-ortho nitro benzene ring substituents is 1. The molecule has 0 saturated heterocycles. The van der Waals surface area contributed by atoms with Crippen molar-refractivity contribution >= 4 is 11.4 Å². The van der Waals surface area contributed by atoms with Gasteiger partial charge in [-0.25, -0.2) is 0 Å². The van der Waals surface area contributed by atoms with E-state index in [2.05, 4.69) is 0 Å². The van der Waals surface area contributed by atoms with Crippen molar-refractivity contribution in [3.05, 3.63) is 68.5 Å². The van der Waals surface area contributed by atoms with E-state index in [9.17, 15) is 20.2 Å². The van der Waals surface area contributed by atoms with Crippen LogP contribution >= 0.6 is 0 Å². The third-order valence-corrected chi connectivity index (χ3v) is 4.50. The Balaban J connectivity index is 1.93. The first kappa shape index (κ1) is 22.4. The lowest BCUT2D eigenvalue weighted by Crippen LogP contribution is -2.31. The quantitative estimate of drug-likeness (QED) is 0.237. The molecule has 1 aromatic carbocycles. The van der Waals surface area contributed by atoms with Crippen LogP contribution < -0.4 is 10.3 Å². The number of nitro benzene ring substituents is 2. The first-order valence-electron chi connectivity index (χ1n) is 9.74. The van der Waals surface area contributed by atoms with Gasteiger partial charge in [-0.15, -0.1) is 0 Å². The number of unbranched alkanes of at least 4 members (excludes halogenated alkanes) is 3. The van der Waals surface area contributed by atoms with Gasteiger partial charge in [-0.2, -0.15) is 4.57 Å². The fourth-order valence-corrected chi connectivity index (χ4v) is 2.99. The van der Waals surface area contributed by atoms with E-state index in [1.54, 1.807) is 23.0 Å². The average molecular weight is 403 g/mol. The van der Waals surface area contributed by atoms with Gasteiger partial charge in [0.25, 0.3) is 11.4 Å². The number of rotatable bonds is 13.